The van der Waals surface area contributed by atoms with Crippen LogP contribution in [0.1, 0.15) is 5.69 Å². The van der Waals surface area contributed by atoms with E-state index >= 15 is 0 Å². The van der Waals surface area contributed by atoms with Crippen molar-refractivity contribution in [2.24, 2.45) is 0 Å². The molecule has 0 aliphatic rings. The second kappa shape index (κ2) is 5.29. The quantitative estimate of drug-likeness (QED) is 0.789. The predicted molar refractivity (Wildman–Crippen MR) is 71.4 cm³/mol. The standard InChI is InChI=1S/C10H8ClN7S/c11-8-15-9(12-4-7-5-19-6-13-7)17-10(16-8)18-3-1-2-14-18/h1-3,5-6H,4H2,(H,12,15,16,17). The van der Waals surface area contributed by atoms with E-state index in [1.807, 2.05) is 5.38 Å². The van der Waals surface area contributed by atoms with Crippen molar-refractivity contribution in [2.75, 3.05) is 5.32 Å². The molecule has 0 saturated heterocycles. The molecule has 3 rings (SSSR count). The molecular formula is C10H8ClN7S. The smallest absolute Gasteiger partial charge is 0.256 e. The molecule has 1 N–H and O–H groups in total. The molecule has 0 radical (unpaired) electrons. The van der Waals surface area contributed by atoms with Gasteiger partial charge in [0.05, 0.1) is 17.7 Å². The van der Waals surface area contributed by atoms with E-state index in [1.165, 1.54) is 16.0 Å². The van der Waals surface area contributed by atoms with Crippen LogP contribution in [0.5, 0.6) is 0 Å². The molecule has 0 aliphatic carbocycles. The molecule has 0 amide bonds. The van der Waals surface area contributed by atoms with Crippen molar-refractivity contribution in [2.45, 2.75) is 6.54 Å². The third-order valence-electron chi connectivity index (χ3n) is 2.22. The first-order valence-corrected chi connectivity index (χ1v) is 6.66. The number of rotatable bonds is 4. The maximum Gasteiger partial charge on any atom is 0.256 e. The Morgan fingerprint density at radius 2 is 2.26 bits per heavy atom. The highest BCUT2D eigenvalue weighted by Crippen LogP contribution is 2.10. The molecule has 3 aromatic heterocycles. The Labute approximate surface area is 117 Å². The highest BCUT2D eigenvalue weighted by molar-refractivity contribution is 7.07. The summed E-state index contributed by atoms with van der Waals surface area (Å²) >= 11 is 7.41. The van der Waals surface area contributed by atoms with Gasteiger partial charge in [-0.05, 0) is 17.7 Å². The second-order valence-electron chi connectivity index (χ2n) is 3.51. The van der Waals surface area contributed by atoms with Crippen molar-refractivity contribution in [1.82, 2.24) is 29.7 Å². The van der Waals surface area contributed by atoms with E-state index in [1.54, 1.807) is 24.0 Å². The number of halogens is 1. The number of hydrogen-bond acceptors (Lipinski definition) is 7. The Balaban J connectivity index is 1.82. The third-order valence-corrected chi connectivity index (χ3v) is 3.02. The summed E-state index contributed by atoms with van der Waals surface area (Å²) in [5.41, 5.74) is 2.69. The van der Waals surface area contributed by atoms with Crippen molar-refractivity contribution in [3.05, 3.63) is 40.3 Å². The monoisotopic (exact) mass is 293 g/mol. The van der Waals surface area contributed by atoms with Crippen LogP contribution in [0.2, 0.25) is 5.28 Å². The average molecular weight is 294 g/mol. The summed E-state index contributed by atoms with van der Waals surface area (Å²) in [6.07, 6.45) is 3.37. The average Bonchev–Trinajstić information content (AvgIpc) is 3.09. The summed E-state index contributed by atoms with van der Waals surface area (Å²) in [5.74, 6) is 0.754. The normalized spacial score (nSPS) is 10.6. The van der Waals surface area contributed by atoms with Gasteiger partial charge in [-0.1, -0.05) is 0 Å². The highest BCUT2D eigenvalue weighted by atomic mass is 35.5. The van der Waals surface area contributed by atoms with E-state index in [0.29, 0.717) is 18.4 Å². The van der Waals surface area contributed by atoms with Crippen LogP contribution >= 0.6 is 22.9 Å². The molecule has 0 fully saturated rings. The van der Waals surface area contributed by atoms with Gasteiger partial charge in [0, 0.05) is 17.8 Å². The summed E-state index contributed by atoms with van der Waals surface area (Å²) < 4.78 is 1.52. The summed E-state index contributed by atoms with van der Waals surface area (Å²) in [7, 11) is 0. The lowest BCUT2D eigenvalue weighted by molar-refractivity contribution is 0.794. The maximum atomic E-state index is 5.87. The fourth-order valence-corrected chi connectivity index (χ4v) is 2.12. The Hall–Kier alpha value is -2.06. The molecule has 0 aliphatic heterocycles. The van der Waals surface area contributed by atoms with E-state index in [-0.39, 0.29) is 5.28 Å². The van der Waals surface area contributed by atoms with Crippen molar-refractivity contribution >= 4 is 28.9 Å². The summed E-state index contributed by atoms with van der Waals surface area (Å²) in [4.78, 5) is 16.4. The summed E-state index contributed by atoms with van der Waals surface area (Å²) in [6.45, 7) is 0.530. The largest absolute Gasteiger partial charge is 0.348 e. The van der Waals surface area contributed by atoms with Gasteiger partial charge < -0.3 is 5.32 Å². The Morgan fingerprint density at radius 3 is 3.00 bits per heavy atom. The summed E-state index contributed by atoms with van der Waals surface area (Å²) in [5, 5.41) is 9.15. The zero-order valence-corrected chi connectivity index (χ0v) is 11.1. The molecule has 0 atom stereocenters. The summed E-state index contributed by atoms with van der Waals surface area (Å²) in [6, 6.07) is 1.78. The third kappa shape index (κ3) is 2.85. The van der Waals surface area contributed by atoms with E-state index in [4.69, 9.17) is 11.6 Å². The molecule has 96 valence electrons. The van der Waals surface area contributed by atoms with Gasteiger partial charge in [-0.3, -0.25) is 0 Å². The van der Waals surface area contributed by atoms with Crippen LogP contribution in [-0.4, -0.2) is 29.7 Å². The van der Waals surface area contributed by atoms with Crippen molar-refractivity contribution in [3.63, 3.8) is 0 Å². The molecular weight excluding hydrogens is 286 g/mol. The van der Waals surface area contributed by atoms with Gasteiger partial charge in [-0.15, -0.1) is 11.3 Å². The lowest BCUT2D eigenvalue weighted by atomic mass is 10.5. The number of nitrogens with one attached hydrogen (secondary N) is 1. The lowest BCUT2D eigenvalue weighted by Gasteiger charge is -2.05. The minimum absolute atomic E-state index is 0.112. The molecule has 7 nitrogen and oxygen atoms in total. The van der Waals surface area contributed by atoms with Crippen molar-refractivity contribution in [1.29, 1.82) is 0 Å². The molecule has 3 heterocycles. The molecule has 3 aromatic rings. The SMILES string of the molecule is Clc1nc(NCc2cscn2)nc(-n2cccn2)n1. The van der Waals surface area contributed by atoms with Gasteiger partial charge in [-0.2, -0.15) is 20.1 Å². The second-order valence-corrected chi connectivity index (χ2v) is 4.57. The van der Waals surface area contributed by atoms with Gasteiger partial charge in [0.25, 0.3) is 5.95 Å². The predicted octanol–water partition coefficient (Wildman–Crippen LogP) is 1.78. The lowest BCUT2D eigenvalue weighted by Crippen LogP contribution is -2.09. The van der Waals surface area contributed by atoms with Gasteiger partial charge in [0.1, 0.15) is 0 Å². The fourth-order valence-electron chi connectivity index (χ4n) is 1.40. The van der Waals surface area contributed by atoms with Crippen LogP contribution in [0, 0.1) is 0 Å². The first-order valence-electron chi connectivity index (χ1n) is 5.34. The van der Waals surface area contributed by atoms with Gasteiger partial charge in [-0.25, -0.2) is 9.67 Å². The number of hydrogen-bond donors (Lipinski definition) is 1. The molecule has 9 heteroatoms. The van der Waals surface area contributed by atoms with Crippen LogP contribution in [-0.2, 0) is 6.54 Å². The van der Waals surface area contributed by atoms with E-state index in [2.05, 4.69) is 30.4 Å². The number of thiazole rings is 1. The zero-order chi connectivity index (χ0) is 13.1. The van der Waals surface area contributed by atoms with Crippen LogP contribution < -0.4 is 5.32 Å². The van der Waals surface area contributed by atoms with Crippen LogP contribution in [0.25, 0.3) is 5.95 Å². The van der Waals surface area contributed by atoms with Gasteiger partial charge >= 0.3 is 0 Å². The first kappa shape index (κ1) is 12.0. The highest BCUT2D eigenvalue weighted by Gasteiger charge is 2.07. The van der Waals surface area contributed by atoms with Gasteiger partial charge in [0.15, 0.2) is 0 Å². The minimum Gasteiger partial charge on any atom is -0.348 e. The maximum absolute atomic E-state index is 5.87. The fraction of sp³-hybridized carbons (Fsp3) is 0.100. The molecule has 0 bridgehead atoms. The van der Waals surface area contributed by atoms with E-state index < -0.39 is 0 Å². The molecule has 19 heavy (non-hydrogen) atoms. The van der Waals surface area contributed by atoms with Crippen LogP contribution in [0.4, 0.5) is 5.95 Å². The number of aromatic nitrogens is 6. The van der Waals surface area contributed by atoms with E-state index in [0.717, 1.165) is 5.69 Å². The molecule has 0 spiro atoms. The van der Waals surface area contributed by atoms with Crippen LogP contribution in [0.15, 0.2) is 29.4 Å². The van der Waals surface area contributed by atoms with E-state index in [9.17, 15) is 0 Å². The first-order chi connectivity index (χ1) is 9.31. The Kier molecular flexibility index (Phi) is 3.34. The topological polar surface area (TPSA) is 81.4 Å². The van der Waals surface area contributed by atoms with Gasteiger partial charge in [0.2, 0.25) is 11.2 Å². The number of nitrogens with zero attached hydrogens (tertiary/aromatic N) is 6. The molecule has 0 unspecified atom stereocenters. The van der Waals surface area contributed by atoms with Crippen LogP contribution in [0.3, 0.4) is 0 Å². The number of anilines is 1. The Morgan fingerprint density at radius 1 is 1.32 bits per heavy atom. The Bertz CT molecular complexity index is 653. The van der Waals surface area contributed by atoms with Crippen molar-refractivity contribution in [3.8, 4) is 5.95 Å². The molecule has 0 saturated carbocycles. The molecule has 0 aromatic carbocycles. The minimum atomic E-state index is 0.112. The van der Waals surface area contributed by atoms with Crippen molar-refractivity contribution < 1.29 is 0 Å². The zero-order valence-electron chi connectivity index (χ0n) is 9.56.